The maximum absolute atomic E-state index is 2.52. The first-order chi connectivity index (χ1) is 25.8. The highest BCUT2D eigenvalue weighted by molar-refractivity contribution is 6.24. The lowest BCUT2D eigenvalue weighted by Gasteiger charge is -2.21. The molecular weight excluding hydrogens is 625 g/mol. The Morgan fingerprint density at radius 3 is 1.15 bits per heavy atom. The minimum absolute atomic E-state index is 0.935. The van der Waals surface area contributed by atoms with E-state index in [1.54, 1.807) is 0 Å². The van der Waals surface area contributed by atoms with Gasteiger partial charge in [0.15, 0.2) is 0 Å². The van der Waals surface area contributed by atoms with E-state index < -0.39 is 0 Å². The molecule has 0 nitrogen and oxygen atoms in total. The third-order valence-corrected chi connectivity index (χ3v) is 11.5. The fraction of sp³-hybridized carbons (Fsp3) is 0.0385. The topological polar surface area (TPSA) is 0 Å². The van der Waals surface area contributed by atoms with Crippen LogP contribution < -0.4 is 0 Å². The summed E-state index contributed by atoms with van der Waals surface area (Å²) in [4.78, 5) is 0. The lowest BCUT2D eigenvalue weighted by molar-refractivity contribution is 1.32. The average Bonchev–Trinajstić information content (AvgIpc) is 3.83. The number of hydrogen-bond acceptors (Lipinski definition) is 0. The van der Waals surface area contributed by atoms with Crippen molar-refractivity contribution in [3.05, 3.63) is 203 Å². The minimum atomic E-state index is 0.935. The highest BCUT2D eigenvalue weighted by atomic mass is 14.3. The fourth-order valence-corrected chi connectivity index (χ4v) is 9.26. The first kappa shape index (κ1) is 29.3. The van der Waals surface area contributed by atoms with Crippen LogP contribution in [0.5, 0.6) is 0 Å². The van der Waals surface area contributed by atoms with Gasteiger partial charge in [-0.1, -0.05) is 176 Å². The fourth-order valence-electron chi connectivity index (χ4n) is 9.26. The van der Waals surface area contributed by atoms with Crippen molar-refractivity contribution in [3.8, 4) is 22.3 Å². The van der Waals surface area contributed by atoms with Crippen molar-refractivity contribution < 1.29 is 0 Å². The van der Waals surface area contributed by atoms with E-state index in [1.807, 2.05) is 0 Å². The van der Waals surface area contributed by atoms with Gasteiger partial charge in [0.05, 0.1) is 0 Å². The number of benzene rings is 9. The zero-order chi connectivity index (χ0) is 34.2. The van der Waals surface area contributed by atoms with E-state index in [2.05, 4.69) is 182 Å². The van der Waals surface area contributed by atoms with Crippen molar-refractivity contribution in [2.45, 2.75) is 12.8 Å². The number of hydrogen-bond donors (Lipinski definition) is 0. The Morgan fingerprint density at radius 2 is 0.654 bits per heavy atom. The third kappa shape index (κ3) is 4.41. The molecule has 242 valence electrons. The zero-order valence-electron chi connectivity index (χ0n) is 28.7. The highest BCUT2D eigenvalue weighted by Gasteiger charge is 2.25. The van der Waals surface area contributed by atoms with Gasteiger partial charge in [0.1, 0.15) is 0 Å². The van der Waals surface area contributed by atoms with Gasteiger partial charge in [0, 0.05) is 0 Å². The molecule has 0 unspecified atom stereocenters. The normalized spacial score (nSPS) is 13.5. The Balaban J connectivity index is 1.25. The Labute approximate surface area is 303 Å². The third-order valence-electron chi connectivity index (χ3n) is 11.5. The predicted molar refractivity (Wildman–Crippen MR) is 223 cm³/mol. The van der Waals surface area contributed by atoms with Gasteiger partial charge in [0.25, 0.3) is 0 Å². The second-order valence-electron chi connectivity index (χ2n) is 14.4. The van der Waals surface area contributed by atoms with Crippen LogP contribution in [0.3, 0.4) is 0 Å². The molecule has 11 rings (SSSR count). The van der Waals surface area contributed by atoms with E-state index in [4.69, 9.17) is 0 Å². The van der Waals surface area contributed by atoms with Gasteiger partial charge in [-0.2, -0.15) is 0 Å². The second kappa shape index (κ2) is 11.5. The van der Waals surface area contributed by atoms with Gasteiger partial charge in [-0.25, -0.2) is 0 Å². The van der Waals surface area contributed by atoms with Crippen molar-refractivity contribution in [1.29, 1.82) is 0 Å². The smallest absolute Gasteiger partial charge is 0.00132 e. The highest BCUT2D eigenvalue weighted by Crippen LogP contribution is 2.48. The molecule has 0 bridgehead atoms. The van der Waals surface area contributed by atoms with Crippen LogP contribution in [0.1, 0.15) is 33.4 Å². The molecule has 52 heavy (non-hydrogen) atoms. The van der Waals surface area contributed by atoms with Crippen molar-refractivity contribution in [2.24, 2.45) is 0 Å². The molecule has 2 aliphatic carbocycles. The molecular formula is C52H34. The van der Waals surface area contributed by atoms with Gasteiger partial charge in [-0.3, -0.25) is 0 Å². The molecule has 0 aromatic heterocycles. The molecule has 0 heteroatoms. The van der Waals surface area contributed by atoms with E-state index in [0.29, 0.717) is 0 Å². The van der Waals surface area contributed by atoms with Crippen LogP contribution in [0, 0.1) is 0 Å². The van der Waals surface area contributed by atoms with Gasteiger partial charge < -0.3 is 0 Å². The molecule has 0 N–H and O–H groups in total. The maximum Gasteiger partial charge on any atom is -0.00132 e. The zero-order valence-corrected chi connectivity index (χ0v) is 28.7. The van der Waals surface area contributed by atoms with Crippen LogP contribution in [0.4, 0.5) is 0 Å². The molecule has 0 heterocycles. The van der Waals surface area contributed by atoms with E-state index >= 15 is 0 Å². The largest absolute Gasteiger partial charge is 0.0622 e. The molecule has 9 aromatic rings. The number of fused-ring (bicyclic) bond motifs is 6. The van der Waals surface area contributed by atoms with Crippen LogP contribution in [-0.4, -0.2) is 0 Å². The van der Waals surface area contributed by atoms with Crippen molar-refractivity contribution in [3.63, 3.8) is 0 Å². The van der Waals surface area contributed by atoms with Crippen molar-refractivity contribution in [1.82, 2.24) is 0 Å². The van der Waals surface area contributed by atoms with E-state index in [0.717, 1.165) is 12.8 Å². The van der Waals surface area contributed by atoms with E-state index in [-0.39, 0.29) is 0 Å². The number of allylic oxidation sites excluding steroid dienone is 2. The summed E-state index contributed by atoms with van der Waals surface area (Å²) in [6.45, 7) is 0. The summed E-state index contributed by atoms with van der Waals surface area (Å²) in [6.07, 6.45) is 6.75. The molecule has 0 spiro atoms. The van der Waals surface area contributed by atoms with Crippen LogP contribution in [0.2, 0.25) is 0 Å². The molecule has 0 saturated carbocycles. The quantitative estimate of drug-likeness (QED) is 0.165. The standard InChI is InChI=1S/C52H34/c1-2-14-33(15-3-1)49-41-20-8-10-22-43(41)50(44-23-11-9-21-42(44)49)38-26-27-47-48(32-38)52(40-30-36-18-6-7-19-37(36)31-40)46-25-13-12-24-45(46)51(47)39-28-34-16-4-5-17-35(34)29-39/h1-28,30,32H,29,31H2. The number of rotatable bonds is 4. The Kier molecular flexibility index (Phi) is 6.48. The lowest BCUT2D eigenvalue weighted by Crippen LogP contribution is -1.97. The lowest BCUT2D eigenvalue weighted by atomic mass is 9.82. The van der Waals surface area contributed by atoms with Crippen LogP contribution in [0.15, 0.2) is 170 Å². The minimum Gasteiger partial charge on any atom is -0.0622 e. The Morgan fingerprint density at radius 1 is 0.269 bits per heavy atom. The first-order valence-electron chi connectivity index (χ1n) is 18.4. The van der Waals surface area contributed by atoms with E-state index in [9.17, 15) is 0 Å². The molecule has 0 amide bonds. The first-order valence-corrected chi connectivity index (χ1v) is 18.4. The van der Waals surface area contributed by atoms with Gasteiger partial charge in [-0.05, 0) is 129 Å². The summed E-state index contributed by atoms with van der Waals surface area (Å²) < 4.78 is 0. The molecule has 2 aliphatic rings. The van der Waals surface area contributed by atoms with Crippen molar-refractivity contribution >= 4 is 66.4 Å². The summed E-state index contributed by atoms with van der Waals surface area (Å²) >= 11 is 0. The Hall–Kier alpha value is -6.50. The molecule has 0 radical (unpaired) electrons. The summed E-state index contributed by atoms with van der Waals surface area (Å²) in [5, 5.41) is 10.4. The van der Waals surface area contributed by atoms with Gasteiger partial charge >= 0.3 is 0 Å². The Bertz CT molecular complexity index is 2930. The molecule has 0 aliphatic heterocycles. The SMILES string of the molecule is C1=C(c2c3ccccc3c(C3=Cc4ccccc4C3)c3cc(-c4c5ccccc5c(-c5ccccc5)c5ccccc45)ccc23)Cc2ccccc21. The van der Waals surface area contributed by atoms with Crippen molar-refractivity contribution in [2.75, 3.05) is 0 Å². The summed E-state index contributed by atoms with van der Waals surface area (Å²) in [5.74, 6) is 0. The molecule has 0 fully saturated rings. The second-order valence-corrected chi connectivity index (χ2v) is 14.4. The van der Waals surface area contributed by atoms with E-state index in [1.165, 1.54) is 110 Å². The van der Waals surface area contributed by atoms with Crippen LogP contribution in [-0.2, 0) is 12.8 Å². The average molecular weight is 659 g/mol. The van der Waals surface area contributed by atoms with Gasteiger partial charge in [0.2, 0.25) is 0 Å². The van der Waals surface area contributed by atoms with Crippen LogP contribution in [0.25, 0.3) is 88.6 Å². The maximum atomic E-state index is 2.52. The summed E-state index contributed by atoms with van der Waals surface area (Å²) in [5.41, 5.74) is 16.1. The molecule has 0 saturated heterocycles. The van der Waals surface area contributed by atoms with Crippen LogP contribution >= 0.6 is 0 Å². The monoisotopic (exact) mass is 658 g/mol. The predicted octanol–water partition coefficient (Wildman–Crippen LogP) is 13.8. The molecule has 9 aromatic carbocycles. The summed E-state index contributed by atoms with van der Waals surface area (Å²) in [6, 6.07) is 63.1. The molecule has 0 atom stereocenters. The van der Waals surface area contributed by atoms with Gasteiger partial charge in [-0.15, -0.1) is 0 Å². The summed E-state index contributed by atoms with van der Waals surface area (Å²) in [7, 11) is 0.